The van der Waals surface area contributed by atoms with Gasteiger partial charge in [-0.1, -0.05) is 0 Å². The number of aromatic nitrogens is 4. The molecule has 1 fully saturated rings. The van der Waals surface area contributed by atoms with Crippen molar-refractivity contribution in [2.24, 2.45) is 7.05 Å². The van der Waals surface area contributed by atoms with Gasteiger partial charge in [0.2, 0.25) is 0 Å². The number of anilines is 2. The highest BCUT2D eigenvalue weighted by atomic mass is 15.4. The zero-order chi connectivity index (χ0) is 11.3. The van der Waals surface area contributed by atoms with Crippen LogP contribution in [0.2, 0.25) is 0 Å². The van der Waals surface area contributed by atoms with Gasteiger partial charge in [-0.3, -0.25) is 4.68 Å². The second-order valence-corrected chi connectivity index (χ2v) is 4.22. The molecule has 2 heterocycles. The van der Waals surface area contributed by atoms with Crippen molar-refractivity contribution < 1.29 is 0 Å². The molecule has 0 radical (unpaired) electrons. The van der Waals surface area contributed by atoms with Crippen molar-refractivity contribution in [1.29, 1.82) is 0 Å². The molecule has 1 aliphatic rings. The Labute approximate surface area is 92.8 Å². The zero-order valence-electron chi connectivity index (χ0n) is 9.09. The van der Waals surface area contributed by atoms with Gasteiger partial charge in [0.25, 0.3) is 0 Å². The maximum atomic E-state index is 5.92. The molecule has 84 valence electrons. The van der Waals surface area contributed by atoms with E-state index in [0.29, 0.717) is 17.6 Å². The van der Waals surface area contributed by atoms with E-state index in [9.17, 15) is 0 Å². The first-order chi connectivity index (χ1) is 7.66. The van der Waals surface area contributed by atoms with Crippen molar-refractivity contribution in [2.75, 3.05) is 11.5 Å². The normalized spacial score (nSPS) is 15.6. The summed E-state index contributed by atoms with van der Waals surface area (Å²) < 4.78 is 3.27. The smallest absolute Gasteiger partial charge is 0.147 e. The molecule has 0 atom stereocenters. The van der Waals surface area contributed by atoms with Crippen LogP contribution >= 0.6 is 0 Å². The molecule has 3 rings (SSSR count). The summed E-state index contributed by atoms with van der Waals surface area (Å²) in [6, 6.07) is 1.92. The molecule has 2 aromatic rings. The molecule has 0 bridgehead atoms. The zero-order valence-corrected chi connectivity index (χ0v) is 9.09. The van der Waals surface area contributed by atoms with Crippen LogP contribution in [0.1, 0.15) is 24.5 Å². The molecule has 0 saturated heterocycles. The van der Waals surface area contributed by atoms with Crippen LogP contribution in [0.3, 0.4) is 0 Å². The number of aryl methyl sites for hydroxylation is 1. The van der Waals surface area contributed by atoms with E-state index in [0.717, 1.165) is 11.4 Å². The standard InChI is InChI=1S/C10H14N6/c1-15-10(12)8(5-13-15)16-9(11)4-7(14-16)6-2-3-6/h4-6H,2-3,11-12H2,1H3. The number of nitrogen functional groups attached to an aromatic ring is 2. The van der Waals surface area contributed by atoms with Crippen molar-refractivity contribution in [3.63, 3.8) is 0 Å². The van der Waals surface area contributed by atoms with E-state index in [4.69, 9.17) is 11.5 Å². The number of hydrogen-bond acceptors (Lipinski definition) is 4. The van der Waals surface area contributed by atoms with Gasteiger partial charge in [-0.05, 0) is 12.8 Å². The van der Waals surface area contributed by atoms with Crippen LogP contribution in [0, 0.1) is 0 Å². The monoisotopic (exact) mass is 218 g/mol. The highest BCUT2D eigenvalue weighted by Gasteiger charge is 2.27. The molecule has 0 amide bonds. The minimum atomic E-state index is 0.567. The van der Waals surface area contributed by atoms with E-state index >= 15 is 0 Å². The van der Waals surface area contributed by atoms with Gasteiger partial charge in [0.1, 0.15) is 17.3 Å². The van der Waals surface area contributed by atoms with E-state index in [-0.39, 0.29) is 0 Å². The van der Waals surface area contributed by atoms with Crippen LogP contribution in [-0.4, -0.2) is 19.6 Å². The van der Waals surface area contributed by atoms with E-state index < -0.39 is 0 Å². The second-order valence-electron chi connectivity index (χ2n) is 4.22. The predicted octanol–water partition coefficient (Wildman–Crippen LogP) is 0.648. The Balaban J connectivity index is 2.08. The summed E-state index contributed by atoms with van der Waals surface area (Å²) in [6.07, 6.45) is 4.09. The van der Waals surface area contributed by atoms with Crippen molar-refractivity contribution in [1.82, 2.24) is 19.6 Å². The molecular weight excluding hydrogens is 204 g/mol. The summed E-state index contributed by atoms with van der Waals surface area (Å²) in [4.78, 5) is 0. The lowest BCUT2D eigenvalue weighted by molar-refractivity contribution is 0.778. The maximum absolute atomic E-state index is 5.92. The van der Waals surface area contributed by atoms with Gasteiger partial charge in [0.15, 0.2) is 0 Å². The van der Waals surface area contributed by atoms with Crippen LogP contribution in [0.5, 0.6) is 0 Å². The predicted molar refractivity (Wildman–Crippen MR) is 61.1 cm³/mol. The number of hydrogen-bond donors (Lipinski definition) is 2. The Kier molecular flexibility index (Phi) is 1.74. The Bertz CT molecular complexity index is 533. The summed E-state index contributed by atoms with van der Waals surface area (Å²) in [6.45, 7) is 0. The lowest BCUT2D eigenvalue weighted by Gasteiger charge is -2.02. The van der Waals surface area contributed by atoms with E-state index in [1.54, 1.807) is 22.6 Å². The Morgan fingerprint density at radius 3 is 2.69 bits per heavy atom. The van der Waals surface area contributed by atoms with Gasteiger partial charge < -0.3 is 11.5 Å². The van der Waals surface area contributed by atoms with Crippen LogP contribution in [0.4, 0.5) is 11.6 Å². The van der Waals surface area contributed by atoms with Gasteiger partial charge in [-0.25, -0.2) is 4.68 Å². The van der Waals surface area contributed by atoms with Crippen LogP contribution in [0.25, 0.3) is 5.69 Å². The van der Waals surface area contributed by atoms with Crippen molar-refractivity contribution in [3.05, 3.63) is 18.0 Å². The highest BCUT2D eigenvalue weighted by molar-refractivity contribution is 5.55. The van der Waals surface area contributed by atoms with Gasteiger partial charge in [0, 0.05) is 19.0 Å². The van der Waals surface area contributed by atoms with Gasteiger partial charge in [0.05, 0.1) is 11.9 Å². The maximum Gasteiger partial charge on any atom is 0.147 e. The fourth-order valence-electron chi connectivity index (χ4n) is 1.78. The SMILES string of the molecule is Cn1ncc(-n2nc(C3CC3)cc2N)c1N. The van der Waals surface area contributed by atoms with Crippen molar-refractivity contribution >= 4 is 11.6 Å². The molecule has 4 N–H and O–H groups in total. The molecule has 0 aromatic carbocycles. The second kappa shape index (κ2) is 3.01. The third kappa shape index (κ3) is 1.26. The molecule has 6 nitrogen and oxygen atoms in total. The van der Waals surface area contributed by atoms with Crippen molar-refractivity contribution in [2.45, 2.75) is 18.8 Å². The molecule has 0 spiro atoms. The van der Waals surface area contributed by atoms with Gasteiger partial charge in [-0.2, -0.15) is 10.2 Å². The minimum absolute atomic E-state index is 0.567. The number of nitrogens with two attached hydrogens (primary N) is 2. The lowest BCUT2D eigenvalue weighted by atomic mass is 10.3. The highest BCUT2D eigenvalue weighted by Crippen LogP contribution is 2.40. The van der Waals surface area contributed by atoms with E-state index in [1.807, 2.05) is 6.07 Å². The topological polar surface area (TPSA) is 87.7 Å². The quantitative estimate of drug-likeness (QED) is 0.774. The summed E-state index contributed by atoms with van der Waals surface area (Å²) in [7, 11) is 1.79. The molecule has 1 saturated carbocycles. The Morgan fingerprint density at radius 1 is 1.38 bits per heavy atom. The fourth-order valence-corrected chi connectivity index (χ4v) is 1.78. The first-order valence-corrected chi connectivity index (χ1v) is 5.30. The molecule has 2 aromatic heterocycles. The van der Waals surface area contributed by atoms with Crippen LogP contribution < -0.4 is 11.5 Å². The molecule has 0 aliphatic heterocycles. The summed E-state index contributed by atoms with van der Waals surface area (Å²) in [5.41, 5.74) is 13.6. The van der Waals surface area contributed by atoms with Crippen molar-refractivity contribution in [3.8, 4) is 5.69 Å². The number of rotatable bonds is 2. The molecule has 6 heteroatoms. The third-order valence-corrected chi connectivity index (χ3v) is 2.94. The fraction of sp³-hybridized carbons (Fsp3) is 0.400. The number of nitrogens with zero attached hydrogens (tertiary/aromatic N) is 4. The molecule has 0 unspecified atom stereocenters. The lowest BCUT2D eigenvalue weighted by Crippen LogP contribution is -2.05. The largest absolute Gasteiger partial charge is 0.384 e. The Hall–Kier alpha value is -1.98. The average Bonchev–Trinajstić information content (AvgIpc) is 2.97. The van der Waals surface area contributed by atoms with E-state index in [1.165, 1.54) is 12.8 Å². The van der Waals surface area contributed by atoms with Gasteiger partial charge >= 0.3 is 0 Å². The summed E-state index contributed by atoms with van der Waals surface area (Å²) in [5, 5.41) is 8.55. The molecule has 1 aliphatic carbocycles. The molecular formula is C10H14N6. The Morgan fingerprint density at radius 2 is 2.12 bits per heavy atom. The third-order valence-electron chi connectivity index (χ3n) is 2.94. The first-order valence-electron chi connectivity index (χ1n) is 5.30. The van der Waals surface area contributed by atoms with Crippen LogP contribution in [0.15, 0.2) is 12.3 Å². The summed E-state index contributed by atoms with van der Waals surface area (Å²) >= 11 is 0. The van der Waals surface area contributed by atoms with Crippen LogP contribution in [-0.2, 0) is 7.05 Å². The average molecular weight is 218 g/mol. The first kappa shape index (κ1) is 9.26. The van der Waals surface area contributed by atoms with E-state index in [2.05, 4.69) is 10.2 Å². The summed E-state index contributed by atoms with van der Waals surface area (Å²) in [5.74, 6) is 1.76. The van der Waals surface area contributed by atoms with Gasteiger partial charge in [-0.15, -0.1) is 0 Å². The molecule has 16 heavy (non-hydrogen) atoms. The minimum Gasteiger partial charge on any atom is -0.384 e.